The van der Waals surface area contributed by atoms with E-state index in [4.69, 9.17) is 0 Å². The summed E-state index contributed by atoms with van der Waals surface area (Å²) in [5, 5.41) is 0. The van der Waals surface area contributed by atoms with Crippen molar-refractivity contribution in [3.05, 3.63) is 29.3 Å². The fourth-order valence-corrected chi connectivity index (χ4v) is 4.70. The van der Waals surface area contributed by atoms with Crippen LogP contribution in [0.15, 0.2) is 23.1 Å². The van der Waals surface area contributed by atoms with Crippen LogP contribution in [-0.2, 0) is 22.9 Å². The zero-order chi connectivity index (χ0) is 16.9. The molecule has 2 rings (SSSR count). The molecule has 0 aliphatic heterocycles. The Balaban J connectivity index is 1.90. The number of sulfonamides is 1. The van der Waals surface area contributed by atoms with Crippen molar-refractivity contribution < 1.29 is 13.3 Å². The van der Waals surface area contributed by atoms with Crippen LogP contribution in [0.4, 0.5) is 0 Å². The third-order valence-corrected chi connectivity index (χ3v) is 6.49. The van der Waals surface area contributed by atoms with Crippen LogP contribution in [0.2, 0.25) is 0 Å². The zero-order valence-electron chi connectivity index (χ0n) is 14.7. The van der Waals surface area contributed by atoms with Gasteiger partial charge in [0.15, 0.2) is 0 Å². The van der Waals surface area contributed by atoms with E-state index in [0.717, 1.165) is 51.7 Å². The number of benzene rings is 1. The van der Waals surface area contributed by atoms with Crippen molar-refractivity contribution in [3.63, 3.8) is 0 Å². The molecule has 0 spiro atoms. The lowest BCUT2D eigenvalue weighted by Crippen LogP contribution is -3.11. The molecule has 2 N–H and O–H groups in total. The van der Waals surface area contributed by atoms with Crippen molar-refractivity contribution in [2.75, 3.05) is 19.6 Å². The summed E-state index contributed by atoms with van der Waals surface area (Å²) in [5.41, 5.74) is 2.50. The first-order valence-electron chi connectivity index (χ1n) is 8.94. The summed E-state index contributed by atoms with van der Waals surface area (Å²) in [6, 6.07) is 5.56. The van der Waals surface area contributed by atoms with Gasteiger partial charge in [-0.25, -0.2) is 13.1 Å². The van der Waals surface area contributed by atoms with Gasteiger partial charge >= 0.3 is 0 Å². The average molecular weight is 340 g/mol. The quantitative estimate of drug-likeness (QED) is 0.717. The normalized spacial score (nSPS) is 15.8. The summed E-state index contributed by atoms with van der Waals surface area (Å²) in [6.45, 7) is 9.72. The van der Waals surface area contributed by atoms with Crippen LogP contribution in [-0.4, -0.2) is 34.1 Å². The summed E-state index contributed by atoms with van der Waals surface area (Å²) in [5.74, 6) is 0. The third kappa shape index (κ3) is 5.03. The van der Waals surface area contributed by atoms with Crippen LogP contribution >= 0.6 is 0 Å². The van der Waals surface area contributed by atoms with Gasteiger partial charge in [-0.2, -0.15) is 0 Å². The number of hydrogen-bond acceptors (Lipinski definition) is 2. The molecule has 0 fully saturated rings. The number of rotatable bonds is 9. The van der Waals surface area contributed by atoms with Crippen LogP contribution in [0.5, 0.6) is 0 Å². The highest BCUT2D eigenvalue weighted by Crippen LogP contribution is 2.24. The fraction of sp³-hybridized carbons (Fsp3) is 0.667. The molecule has 1 aromatic carbocycles. The van der Waals surface area contributed by atoms with Gasteiger partial charge in [0.1, 0.15) is 0 Å². The van der Waals surface area contributed by atoms with Gasteiger partial charge < -0.3 is 4.90 Å². The standard InChI is InChI=1S/C18H30N2O2S/c1-4-20(5-2)13-7-8-15(3)19-23(21,22)18-12-11-16-9-6-10-17(16)14-18/h11-12,14-15,19H,4-10,13H2,1-3H3/p+1/t15-/m1/s1. The third-order valence-electron chi connectivity index (χ3n) is 4.90. The molecule has 1 atom stereocenters. The van der Waals surface area contributed by atoms with Crippen LogP contribution in [0.1, 0.15) is 51.2 Å². The molecule has 0 amide bonds. The Morgan fingerprint density at radius 2 is 1.87 bits per heavy atom. The van der Waals surface area contributed by atoms with E-state index in [2.05, 4.69) is 18.6 Å². The van der Waals surface area contributed by atoms with Crippen LogP contribution < -0.4 is 9.62 Å². The zero-order valence-corrected chi connectivity index (χ0v) is 15.5. The van der Waals surface area contributed by atoms with Crippen LogP contribution in [0, 0.1) is 0 Å². The molecule has 1 aliphatic carbocycles. The van der Waals surface area contributed by atoms with Gasteiger partial charge in [0.25, 0.3) is 0 Å². The molecular weight excluding hydrogens is 308 g/mol. The van der Waals surface area contributed by atoms with Crippen molar-refractivity contribution >= 4 is 10.0 Å². The first-order chi connectivity index (χ1) is 11.0. The van der Waals surface area contributed by atoms with Gasteiger partial charge in [-0.1, -0.05) is 6.07 Å². The monoisotopic (exact) mass is 339 g/mol. The Morgan fingerprint density at radius 3 is 2.57 bits per heavy atom. The first-order valence-corrected chi connectivity index (χ1v) is 10.4. The van der Waals surface area contributed by atoms with Gasteiger partial charge in [0, 0.05) is 6.04 Å². The molecule has 0 aromatic heterocycles. The summed E-state index contributed by atoms with van der Waals surface area (Å²) in [7, 11) is -3.40. The Labute approximate surface area is 141 Å². The molecule has 0 heterocycles. The lowest BCUT2D eigenvalue weighted by molar-refractivity contribution is -0.896. The maximum Gasteiger partial charge on any atom is 0.240 e. The van der Waals surface area contributed by atoms with E-state index in [1.807, 2.05) is 19.1 Å². The largest absolute Gasteiger partial charge is 0.335 e. The van der Waals surface area contributed by atoms with E-state index >= 15 is 0 Å². The summed E-state index contributed by atoms with van der Waals surface area (Å²) in [4.78, 5) is 1.98. The number of hydrogen-bond donors (Lipinski definition) is 2. The molecule has 0 saturated heterocycles. The minimum absolute atomic E-state index is 0.0248. The highest BCUT2D eigenvalue weighted by Gasteiger charge is 2.20. The molecule has 0 saturated carbocycles. The number of fused-ring (bicyclic) bond motifs is 1. The van der Waals surface area contributed by atoms with E-state index in [0.29, 0.717) is 4.90 Å². The molecule has 1 aliphatic rings. The van der Waals surface area contributed by atoms with E-state index in [9.17, 15) is 8.42 Å². The van der Waals surface area contributed by atoms with Gasteiger partial charge in [-0.05, 0) is 76.1 Å². The lowest BCUT2D eigenvalue weighted by Gasteiger charge is -2.18. The van der Waals surface area contributed by atoms with Gasteiger partial charge in [-0.3, -0.25) is 0 Å². The second-order valence-corrected chi connectivity index (χ2v) is 8.37. The average Bonchev–Trinajstić information content (AvgIpc) is 2.98. The predicted molar refractivity (Wildman–Crippen MR) is 94.4 cm³/mol. The van der Waals surface area contributed by atoms with Crippen molar-refractivity contribution in [2.24, 2.45) is 0 Å². The number of aryl methyl sites for hydroxylation is 2. The highest BCUT2D eigenvalue weighted by atomic mass is 32.2. The minimum atomic E-state index is -3.40. The molecule has 5 heteroatoms. The maximum absolute atomic E-state index is 12.5. The van der Waals surface area contributed by atoms with E-state index in [1.54, 1.807) is 11.0 Å². The summed E-state index contributed by atoms with van der Waals surface area (Å²) < 4.78 is 27.9. The minimum Gasteiger partial charge on any atom is -0.335 e. The molecule has 4 nitrogen and oxygen atoms in total. The predicted octanol–water partition coefficient (Wildman–Crippen LogP) is 1.55. The molecule has 0 radical (unpaired) electrons. The first kappa shape index (κ1) is 18.4. The Morgan fingerprint density at radius 1 is 1.17 bits per heavy atom. The highest BCUT2D eigenvalue weighted by molar-refractivity contribution is 7.89. The fourth-order valence-electron chi connectivity index (χ4n) is 3.37. The van der Waals surface area contributed by atoms with Gasteiger partial charge in [-0.15, -0.1) is 0 Å². The van der Waals surface area contributed by atoms with Crippen molar-refractivity contribution in [3.8, 4) is 0 Å². The van der Waals surface area contributed by atoms with E-state index in [1.165, 1.54) is 11.1 Å². The second kappa shape index (κ2) is 8.27. The summed E-state index contributed by atoms with van der Waals surface area (Å²) in [6.07, 6.45) is 5.14. The second-order valence-electron chi connectivity index (χ2n) is 6.66. The molecule has 23 heavy (non-hydrogen) atoms. The smallest absolute Gasteiger partial charge is 0.240 e. The lowest BCUT2D eigenvalue weighted by atomic mass is 10.1. The summed E-state index contributed by atoms with van der Waals surface area (Å²) >= 11 is 0. The molecule has 130 valence electrons. The maximum atomic E-state index is 12.5. The van der Waals surface area contributed by atoms with Gasteiger partial charge in [0.05, 0.1) is 24.5 Å². The van der Waals surface area contributed by atoms with E-state index in [-0.39, 0.29) is 6.04 Å². The Bertz CT molecular complexity index is 609. The number of nitrogens with one attached hydrogen (secondary N) is 2. The van der Waals surface area contributed by atoms with Crippen molar-refractivity contribution in [1.82, 2.24) is 4.72 Å². The van der Waals surface area contributed by atoms with Crippen LogP contribution in [0.25, 0.3) is 0 Å². The van der Waals surface area contributed by atoms with Gasteiger partial charge in [0.2, 0.25) is 10.0 Å². The molecule has 0 bridgehead atoms. The topological polar surface area (TPSA) is 50.6 Å². The molecular formula is C18H31N2O2S+. The van der Waals surface area contributed by atoms with Crippen molar-refractivity contribution in [1.29, 1.82) is 0 Å². The number of quaternary nitrogens is 1. The van der Waals surface area contributed by atoms with Crippen molar-refractivity contribution in [2.45, 2.75) is 63.8 Å². The Hall–Kier alpha value is -0.910. The Kier molecular flexibility index (Phi) is 6.62. The van der Waals surface area contributed by atoms with E-state index < -0.39 is 10.0 Å². The molecule has 1 aromatic rings. The SMILES string of the molecule is CC[NH+](CC)CCC[C@@H](C)NS(=O)(=O)c1ccc2c(c1)CCC2. The van der Waals surface area contributed by atoms with Crippen LogP contribution in [0.3, 0.4) is 0 Å². The molecule has 0 unspecified atom stereocenters.